The van der Waals surface area contributed by atoms with E-state index in [1.54, 1.807) is 44.2 Å². The number of piperazine rings is 1. The van der Waals surface area contributed by atoms with Gasteiger partial charge in [-0.25, -0.2) is 18.2 Å². The second-order valence-electron chi connectivity index (χ2n) is 8.41. The molecule has 4 N–H and O–H groups in total. The van der Waals surface area contributed by atoms with Crippen molar-refractivity contribution in [1.82, 2.24) is 20.3 Å². The lowest BCUT2D eigenvalue weighted by Gasteiger charge is -2.28. The highest BCUT2D eigenvalue weighted by molar-refractivity contribution is 7.92. The molecule has 0 bridgehead atoms. The molecule has 4 rings (SSSR count). The molecule has 1 fully saturated rings. The molecule has 0 spiro atoms. The van der Waals surface area contributed by atoms with Crippen LogP contribution in [0.15, 0.2) is 30.3 Å². The van der Waals surface area contributed by atoms with Gasteiger partial charge >= 0.3 is 5.97 Å². The van der Waals surface area contributed by atoms with E-state index in [0.29, 0.717) is 52.7 Å². The standard InChI is InChI=1S/C23H28N8O5S2/c1-4-36-21(33)20-14(2)26-23(37-20)29-22-27-17(11-18(28-22)31-10-9-24-19(32)13-31)25-12-15-5-7-16(8-6-15)30-38(3,34)35/h5-8,11,30H,4,9-10,12-13H2,1-3H3,(H,24,32)(H2,25,26,27,28,29). The number of sulfonamides is 1. The van der Waals surface area contributed by atoms with Gasteiger partial charge in [-0.2, -0.15) is 9.97 Å². The van der Waals surface area contributed by atoms with Crippen LogP contribution < -0.4 is 25.6 Å². The summed E-state index contributed by atoms with van der Waals surface area (Å²) in [7, 11) is -3.36. The lowest BCUT2D eigenvalue weighted by Crippen LogP contribution is -2.48. The number of aromatic nitrogens is 3. The van der Waals surface area contributed by atoms with Gasteiger partial charge in [-0.1, -0.05) is 23.5 Å². The predicted molar refractivity (Wildman–Crippen MR) is 146 cm³/mol. The molecule has 0 atom stereocenters. The number of ether oxygens (including phenoxy) is 1. The Balaban J connectivity index is 1.55. The maximum Gasteiger partial charge on any atom is 0.350 e. The van der Waals surface area contributed by atoms with Gasteiger partial charge in [0, 0.05) is 31.4 Å². The normalized spacial score (nSPS) is 13.6. The van der Waals surface area contributed by atoms with Gasteiger partial charge in [-0.15, -0.1) is 0 Å². The van der Waals surface area contributed by atoms with E-state index in [1.807, 2.05) is 4.90 Å². The highest BCUT2D eigenvalue weighted by Gasteiger charge is 2.21. The van der Waals surface area contributed by atoms with Gasteiger partial charge in [0.2, 0.25) is 21.9 Å². The number of hydrogen-bond acceptors (Lipinski definition) is 12. The Kier molecular flexibility index (Phi) is 8.26. The third kappa shape index (κ3) is 7.29. The molecule has 1 aliphatic rings. The van der Waals surface area contributed by atoms with E-state index in [0.717, 1.165) is 23.2 Å². The number of anilines is 5. The van der Waals surface area contributed by atoms with Crippen molar-refractivity contribution in [3.8, 4) is 0 Å². The van der Waals surface area contributed by atoms with Crippen LogP contribution in [0.1, 0.15) is 27.9 Å². The van der Waals surface area contributed by atoms with Gasteiger partial charge < -0.3 is 20.3 Å². The van der Waals surface area contributed by atoms with E-state index in [9.17, 15) is 18.0 Å². The van der Waals surface area contributed by atoms with E-state index in [1.165, 1.54) is 0 Å². The molecule has 3 aromatic rings. The van der Waals surface area contributed by atoms with Crippen molar-refractivity contribution >= 4 is 61.6 Å². The molecule has 0 aliphatic carbocycles. The van der Waals surface area contributed by atoms with E-state index in [4.69, 9.17) is 4.74 Å². The Morgan fingerprint density at radius 2 is 1.97 bits per heavy atom. The van der Waals surface area contributed by atoms with E-state index >= 15 is 0 Å². The van der Waals surface area contributed by atoms with Crippen LogP contribution in [0.4, 0.5) is 28.4 Å². The van der Waals surface area contributed by atoms with Gasteiger partial charge in [-0.3, -0.25) is 14.8 Å². The molecule has 1 amide bonds. The number of benzene rings is 1. The van der Waals surface area contributed by atoms with Gasteiger partial charge in [0.05, 0.1) is 25.1 Å². The summed E-state index contributed by atoms with van der Waals surface area (Å²) in [6, 6.07) is 8.70. The second-order valence-corrected chi connectivity index (χ2v) is 11.2. The van der Waals surface area contributed by atoms with Crippen LogP contribution in [0.25, 0.3) is 0 Å². The van der Waals surface area contributed by atoms with Crippen molar-refractivity contribution < 1.29 is 22.7 Å². The number of amides is 1. The van der Waals surface area contributed by atoms with Crippen molar-refractivity contribution in [3.63, 3.8) is 0 Å². The van der Waals surface area contributed by atoms with Gasteiger partial charge in [0.15, 0.2) is 5.13 Å². The number of nitrogens with one attached hydrogen (secondary N) is 4. The number of nitrogens with zero attached hydrogens (tertiary/aromatic N) is 4. The molecule has 3 heterocycles. The summed E-state index contributed by atoms with van der Waals surface area (Å²) in [5.74, 6) is 0.751. The number of thiazole rings is 1. The third-order valence-electron chi connectivity index (χ3n) is 5.28. The van der Waals surface area contributed by atoms with Gasteiger partial charge in [-0.05, 0) is 31.5 Å². The maximum atomic E-state index is 12.2. The summed E-state index contributed by atoms with van der Waals surface area (Å²) in [5, 5.41) is 9.54. The number of hydrogen-bond donors (Lipinski definition) is 4. The Hall–Kier alpha value is -3.98. The molecule has 38 heavy (non-hydrogen) atoms. The second kappa shape index (κ2) is 11.6. The molecule has 1 saturated heterocycles. The van der Waals surface area contributed by atoms with Crippen LogP contribution in [0.2, 0.25) is 0 Å². The van der Waals surface area contributed by atoms with Crippen molar-refractivity contribution in [2.24, 2.45) is 0 Å². The Morgan fingerprint density at radius 1 is 1.21 bits per heavy atom. The van der Waals surface area contributed by atoms with Crippen molar-refractivity contribution in [3.05, 3.63) is 46.5 Å². The quantitative estimate of drug-likeness (QED) is 0.268. The van der Waals surface area contributed by atoms with Crippen molar-refractivity contribution in [1.29, 1.82) is 0 Å². The third-order valence-corrected chi connectivity index (χ3v) is 6.94. The van der Waals surface area contributed by atoms with Crippen LogP contribution in [-0.2, 0) is 26.1 Å². The molecular weight excluding hydrogens is 532 g/mol. The number of rotatable bonds is 10. The number of aryl methyl sites for hydroxylation is 1. The fourth-order valence-corrected chi connectivity index (χ4v) is 5.02. The first kappa shape index (κ1) is 27.1. The van der Waals surface area contributed by atoms with Crippen LogP contribution in [0, 0.1) is 6.92 Å². The molecule has 202 valence electrons. The first-order valence-electron chi connectivity index (χ1n) is 11.7. The first-order valence-corrected chi connectivity index (χ1v) is 14.4. The largest absolute Gasteiger partial charge is 0.462 e. The topological polar surface area (TPSA) is 168 Å². The summed E-state index contributed by atoms with van der Waals surface area (Å²) in [6.45, 7) is 5.37. The molecular formula is C23H28N8O5S2. The monoisotopic (exact) mass is 560 g/mol. The number of esters is 1. The van der Waals surface area contributed by atoms with Crippen LogP contribution in [-0.4, -0.2) is 67.7 Å². The first-order chi connectivity index (χ1) is 18.1. The van der Waals surface area contributed by atoms with Crippen LogP contribution in [0.5, 0.6) is 0 Å². The van der Waals surface area contributed by atoms with E-state index in [2.05, 4.69) is 35.6 Å². The zero-order chi connectivity index (χ0) is 27.3. The Bertz CT molecular complexity index is 1430. The molecule has 1 aliphatic heterocycles. The smallest absolute Gasteiger partial charge is 0.350 e. The predicted octanol–water partition coefficient (Wildman–Crippen LogP) is 2.08. The van der Waals surface area contributed by atoms with Crippen LogP contribution >= 0.6 is 11.3 Å². The highest BCUT2D eigenvalue weighted by atomic mass is 32.2. The lowest BCUT2D eigenvalue weighted by molar-refractivity contribution is -0.120. The fraction of sp³-hybridized carbons (Fsp3) is 0.348. The summed E-state index contributed by atoms with van der Waals surface area (Å²) < 4.78 is 30.4. The number of carbonyl (C=O) groups excluding carboxylic acids is 2. The zero-order valence-electron chi connectivity index (χ0n) is 21.1. The zero-order valence-corrected chi connectivity index (χ0v) is 22.7. The fourth-order valence-electron chi connectivity index (χ4n) is 3.61. The van der Waals surface area contributed by atoms with Gasteiger partial charge in [0.1, 0.15) is 16.5 Å². The molecule has 0 saturated carbocycles. The Morgan fingerprint density at radius 3 is 2.66 bits per heavy atom. The molecule has 15 heteroatoms. The molecule has 2 aromatic heterocycles. The molecule has 0 radical (unpaired) electrons. The summed E-state index contributed by atoms with van der Waals surface area (Å²) in [6.07, 6.45) is 1.09. The molecule has 1 aromatic carbocycles. The maximum absolute atomic E-state index is 12.2. The van der Waals surface area contributed by atoms with E-state index in [-0.39, 0.29) is 25.0 Å². The highest BCUT2D eigenvalue weighted by Crippen LogP contribution is 2.27. The minimum atomic E-state index is -3.36. The Labute approximate surface area is 224 Å². The average molecular weight is 561 g/mol. The average Bonchev–Trinajstić information content (AvgIpc) is 3.22. The molecule has 13 nitrogen and oxygen atoms in total. The van der Waals surface area contributed by atoms with Crippen molar-refractivity contribution in [2.75, 3.05) is 52.8 Å². The number of carbonyl (C=O) groups is 2. The van der Waals surface area contributed by atoms with Crippen molar-refractivity contribution in [2.45, 2.75) is 20.4 Å². The summed E-state index contributed by atoms with van der Waals surface area (Å²) in [4.78, 5) is 39.9. The summed E-state index contributed by atoms with van der Waals surface area (Å²) in [5.41, 5.74) is 1.90. The SMILES string of the molecule is CCOC(=O)c1sc(Nc2nc(NCc3ccc(NS(C)(=O)=O)cc3)cc(N3CCNC(=O)C3)n2)nc1C. The van der Waals surface area contributed by atoms with E-state index < -0.39 is 16.0 Å². The van der Waals surface area contributed by atoms with Gasteiger partial charge in [0.25, 0.3) is 0 Å². The van der Waals surface area contributed by atoms with Crippen LogP contribution in [0.3, 0.4) is 0 Å². The lowest BCUT2D eigenvalue weighted by atomic mass is 10.2. The molecule has 0 unspecified atom stereocenters. The minimum absolute atomic E-state index is 0.101. The summed E-state index contributed by atoms with van der Waals surface area (Å²) >= 11 is 1.14. The minimum Gasteiger partial charge on any atom is -0.462 e.